The fourth-order valence-corrected chi connectivity index (χ4v) is 10.3. The van der Waals surface area contributed by atoms with Gasteiger partial charge in [-0.2, -0.15) is 9.97 Å². The van der Waals surface area contributed by atoms with Gasteiger partial charge in [0.25, 0.3) is 11.8 Å². The standard InChI is InChI=1S/C26H38BN3O4.C20H26BrN3O2.C12H24B2O4/c1-9-30-13-12-17(15-21(31)22-28-23(29-32-22)24(2,3)4)20-11-10-19(14-18(20)16-30)27-33-25(5,6)26(7,8)34-27;1-5-24-9-8-13(16-7-6-15(21)10-14(16)12-24)11-17(25)18-22-19(23-26-18)20(2,3)4;1-9(2)10(3,4)16-13(15-9)14-17-11(5,6)12(7,8)18-14/h10-11,14,17H,9,12-13,15-16H2,1-8H3;6-7,10,13H,5,8-9,11-12H2,1-4H3;1-8H3/t17-;13-;/m00./s1. The summed E-state index contributed by atoms with van der Waals surface area (Å²) in [5, 5.41) is 8.01. The number of Topliss-reactive ketones (excluding diaryl/α,β-unsaturated/α-hetero) is 2. The van der Waals surface area contributed by atoms with Crippen LogP contribution in [0.1, 0.15) is 231 Å². The molecule has 16 nitrogen and oxygen atoms in total. The first-order valence-corrected chi connectivity index (χ1v) is 28.9. The molecule has 2 aromatic carbocycles. The lowest BCUT2D eigenvalue weighted by Crippen LogP contribution is -2.41. The molecule has 2 atom stereocenters. The summed E-state index contributed by atoms with van der Waals surface area (Å²) in [6, 6.07) is 12.8. The number of aromatic nitrogens is 4. The molecule has 5 aliphatic heterocycles. The highest BCUT2D eigenvalue weighted by Gasteiger charge is 2.64. The summed E-state index contributed by atoms with van der Waals surface area (Å²) in [5.74, 6) is 1.46. The second-order valence-electron chi connectivity index (χ2n) is 26.9. The predicted octanol–water partition coefficient (Wildman–Crippen LogP) is 11.2. The maximum atomic E-state index is 13.1. The highest BCUT2D eigenvalue weighted by Crippen LogP contribution is 2.44. The number of hydrogen-bond donors (Lipinski definition) is 0. The minimum Gasteiger partial charge on any atom is -0.405 e. The smallest absolute Gasteiger partial charge is 0.405 e. The van der Waals surface area contributed by atoms with Gasteiger partial charge in [-0.25, -0.2) is 0 Å². The van der Waals surface area contributed by atoms with Crippen molar-refractivity contribution in [3.05, 3.63) is 86.6 Å². The Morgan fingerprint density at radius 3 is 1.28 bits per heavy atom. The normalized spacial score (nSPS) is 23.3. The van der Waals surface area contributed by atoms with E-state index in [-0.39, 0.29) is 79.6 Å². The largest absolute Gasteiger partial charge is 0.494 e. The lowest BCUT2D eigenvalue weighted by molar-refractivity contribution is 0.00578. The first-order valence-electron chi connectivity index (χ1n) is 28.1. The van der Waals surface area contributed by atoms with Gasteiger partial charge in [0, 0.05) is 41.2 Å². The topological polar surface area (TPSA) is 174 Å². The van der Waals surface area contributed by atoms with Crippen LogP contribution >= 0.6 is 15.9 Å². The van der Waals surface area contributed by atoms with Gasteiger partial charge in [0.1, 0.15) is 0 Å². The maximum Gasteiger partial charge on any atom is 0.494 e. The third-order valence-electron chi connectivity index (χ3n) is 17.2. The van der Waals surface area contributed by atoms with Crippen LogP contribution in [0.5, 0.6) is 0 Å². The van der Waals surface area contributed by atoms with E-state index in [1.807, 2.05) is 96.9 Å². The van der Waals surface area contributed by atoms with Crippen LogP contribution in [0.2, 0.25) is 0 Å². The summed E-state index contributed by atoms with van der Waals surface area (Å²) in [6.45, 7) is 46.5. The summed E-state index contributed by atoms with van der Waals surface area (Å²) < 4.78 is 48.1. The number of fused-ring (bicyclic) bond motifs is 2. The van der Waals surface area contributed by atoms with E-state index in [0.29, 0.717) is 24.5 Å². The lowest BCUT2D eigenvalue weighted by Gasteiger charge is -2.32. The van der Waals surface area contributed by atoms with Crippen LogP contribution in [0.3, 0.4) is 0 Å². The summed E-state index contributed by atoms with van der Waals surface area (Å²) >= 11 is 3.57. The SMILES string of the molecule is CC1(C)OB(B2OC(C)(C)C(C)(C)O2)OC1(C)C.CCN1CC[C@@H](CC(=O)c2nc(C(C)(C)C)no2)c2ccc(B3OC(C)(C)C(C)(C)O3)cc2C1.CCN1CC[C@@H](CC(=O)c2nc(C(C)(C)C)no2)c2ccc(Br)cc2C1. The van der Waals surface area contributed by atoms with Crippen molar-refractivity contribution in [1.82, 2.24) is 30.1 Å². The zero-order chi connectivity index (χ0) is 57.8. The third kappa shape index (κ3) is 13.8. The van der Waals surface area contributed by atoms with Crippen LogP contribution in [0.25, 0.3) is 0 Å². The molecule has 3 saturated heterocycles. The molecule has 7 heterocycles. The number of nitrogens with zero attached hydrogens (tertiary/aromatic N) is 6. The average molecular weight is 1140 g/mol. The second-order valence-corrected chi connectivity index (χ2v) is 27.9. The van der Waals surface area contributed by atoms with Crippen molar-refractivity contribution in [3.8, 4) is 0 Å². The van der Waals surface area contributed by atoms with Crippen molar-refractivity contribution in [1.29, 1.82) is 0 Å². The van der Waals surface area contributed by atoms with Gasteiger partial charge >= 0.3 is 21.1 Å². The van der Waals surface area contributed by atoms with Crippen LogP contribution in [0, 0.1) is 0 Å². The molecule has 0 bridgehead atoms. The van der Waals surface area contributed by atoms with E-state index in [0.717, 1.165) is 62.0 Å². The molecule has 0 saturated carbocycles. The Balaban J connectivity index is 0.000000178. The van der Waals surface area contributed by atoms with Crippen LogP contribution < -0.4 is 5.46 Å². The molecule has 4 aromatic rings. The van der Waals surface area contributed by atoms with Gasteiger partial charge < -0.3 is 37.0 Å². The van der Waals surface area contributed by atoms with Crippen molar-refractivity contribution >= 4 is 54.1 Å². The average Bonchev–Trinajstić information content (AvgIpc) is 4.14. The summed E-state index contributed by atoms with van der Waals surface area (Å²) in [7, 11) is -1.35. The fourth-order valence-electron chi connectivity index (χ4n) is 9.89. The Morgan fingerprint density at radius 2 is 0.923 bits per heavy atom. The van der Waals surface area contributed by atoms with Crippen molar-refractivity contribution in [2.75, 3.05) is 26.2 Å². The molecular formula is C58H88B3BrN6O10. The molecule has 20 heteroatoms. The number of ketones is 2. The molecule has 3 fully saturated rings. The van der Waals surface area contributed by atoms with Crippen molar-refractivity contribution < 1.29 is 46.6 Å². The van der Waals surface area contributed by atoms with Gasteiger partial charge in [-0.05, 0) is 174 Å². The zero-order valence-electron chi connectivity index (χ0n) is 50.6. The van der Waals surface area contributed by atoms with Crippen LogP contribution in [0.15, 0.2) is 49.9 Å². The molecule has 0 unspecified atom stereocenters. The molecule has 5 aliphatic rings. The molecule has 0 aliphatic carbocycles. The molecule has 0 N–H and O–H groups in total. The van der Waals surface area contributed by atoms with Crippen molar-refractivity contribution in [2.45, 2.75) is 234 Å². The number of benzene rings is 2. The van der Waals surface area contributed by atoms with E-state index < -0.39 is 21.1 Å². The number of halogens is 1. The summed E-state index contributed by atoms with van der Waals surface area (Å²) in [5.41, 5.74) is 3.30. The van der Waals surface area contributed by atoms with E-state index in [9.17, 15) is 9.59 Å². The minimum absolute atomic E-state index is 0.0724. The van der Waals surface area contributed by atoms with Gasteiger partial charge in [-0.15, -0.1) is 0 Å². The van der Waals surface area contributed by atoms with Crippen LogP contribution in [0.4, 0.5) is 0 Å². The van der Waals surface area contributed by atoms with E-state index in [4.69, 9.17) is 37.0 Å². The molecule has 0 amide bonds. The summed E-state index contributed by atoms with van der Waals surface area (Å²) in [6.07, 6.45) is 2.61. The molecule has 426 valence electrons. The zero-order valence-corrected chi connectivity index (χ0v) is 52.2. The Bertz CT molecular complexity index is 2680. The summed E-state index contributed by atoms with van der Waals surface area (Å²) in [4.78, 5) is 39.4. The minimum atomic E-state index is -0.476. The quantitative estimate of drug-likeness (QED) is 0.108. The van der Waals surface area contributed by atoms with Gasteiger partial charge in [-0.3, -0.25) is 19.4 Å². The van der Waals surface area contributed by atoms with E-state index >= 15 is 0 Å². The number of carbonyl (C=O) groups excluding carboxylic acids is 2. The highest BCUT2D eigenvalue weighted by molar-refractivity contribution is 9.10. The maximum absolute atomic E-state index is 13.1. The first-order chi connectivity index (χ1) is 36.0. The van der Waals surface area contributed by atoms with Crippen molar-refractivity contribution in [3.63, 3.8) is 0 Å². The Kier molecular flexibility index (Phi) is 18.3. The van der Waals surface area contributed by atoms with Crippen LogP contribution in [-0.2, 0) is 51.8 Å². The van der Waals surface area contributed by atoms with Crippen molar-refractivity contribution in [2.24, 2.45) is 0 Å². The van der Waals surface area contributed by atoms with Gasteiger partial charge in [0.2, 0.25) is 11.6 Å². The predicted molar refractivity (Wildman–Crippen MR) is 309 cm³/mol. The Hall–Kier alpha value is -3.59. The second kappa shape index (κ2) is 23.0. The van der Waals surface area contributed by atoms with Gasteiger partial charge in [0.15, 0.2) is 11.6 Å². The van der Waals surface area contributed by atoms with E-state index in [1.165, 1.54) is 22.3 Å². The number of hydrogen-bond acceptors (Lipinski definition) is 16. The lowest BCUT2D eigenvalue weighted by atomic mass is 9.49. The molecule has 78 heavy (non-hydrogen) atoms. The molecule has 0 spiro atoms. The monoisotopic (exact) mass is 1140 g/mol. The van der Waals surface area contributed by atoms with E-state index in [2.05, 4.69) is 124 Å². The highest BCUT2D eigenvalue weighted by atomic mass is 79.9. The Morgan fingerprint density at radius 1 is 0.564 bits per heavy atom. The first kappa shape index (κ1) is 62.0. The number of carbonyl (C=O) groups is 2. The van der Waals surface area contributed by atoms with Gasteiger partial charge in [-0.1, -0.05) is 106 Å². The molecule has 9 rings (SSSR count). The Labute approximate surface area is 474 Å². The molecule has 0 radical (unpaired) electrons. The van der Waals surface area contributed by atoms with Crippen LogP contribution in [-0.4, -0.2) is 123 Å². The molecule has 2 aromatic heterocycles. The number of rotatable bonds is 10. The molecular weight excluding hydrogens is 1050 g/mol. The third-order valence-corrected chi connectivity index (χ3v) is 17.7. The fraction of sp³-hybridized carbons (Fsp3) is 0.690. The van der Waals surface area contributed by atoms with Gasteiger partial charge in [0.05, 0.1) is 33.6 Å². The van der Waals surface area contributed by atoms with E-state index in [1.54, 1.807) is 0 Å².